The number of pyridine rings is 1. The minimum Gasteiger partial charge on any atom is -0.256 e. The molecule has 1 aliphatic carbocycles. The zero-order valence-corrected chi connectivity index (χ0v) is 18.8. The van der Waals surface area contributed by atoms with Crippen molar-refractivity contribution in [3.63, 3.8) is 0 Å². The zero-order chi connectivity index (χ0) is 20.3. The smallest absolute Gasteiger partial charge is 0.0702 e. The molecule has 1 aromatic heterocycles. The average Bonchev–Trinajstić information content (AvgIpc) is 2.77. The number of rotatable bonds is 11. The maximum Gasteiger partial charge on any atom is 0.0702 e. The fraction of sp³-hybridized carbons (Fsp3) is 0.607. The van der Waals surface area contributed by atoms with E-state index in [1.807, 2.05) is 0 Å². The van der Waals surface area contributed by atoms with E-state index in [1.54, 1.807) is 0 Å². The molecule has 0 N–H and O–H groups in total. The van der Waals surface area contributed by atoms with Gasteiger partial charge in [-0.1, -0.05) is 102 Å². The summed E-state index contributed by atoms with van der Waals surface area (Å²) in [4.78, 5) is 4.77. The standard InChI is InChI=1S/C28H41N/c1-3-5-6-7-9-24-16-19-27(20-17-24)28-21-18-26(22-29-28)15-14-25-12-10-23(8-4-2)11-13-25/h16-23,25H,3-15H2,1-2H3. The highest BCUT2D eigenvalue weighted by Gasteiger charge is 2.20. The summed E-state index contributed by atoms with van der Waals surface area (Å²) in [6.07, 6.45) is 19.8. The van der Waals surface area contributed by atoms with Crippen molar-refractivity contribution < 1.29 is 0 Å². The molecule has 0 amide bonds. The van der Waals surface area contributed by atoms with Gasteiger partial charge in [0.25, 0.3) is 0 Å². The first kappa shape index (κ1) is 22.1. The Kier molecular flexibility index (Phi) is 9.25. The lowest BCUT2D eigenvalue weighted by molar-refractivity contribution is 0.252. The number of hydrogen-bond acceptors (Lipinski definition) is 1. The maximum absolute atomic E-state index is 4.77. The Morgan fingerprint density at radius 3 is 2.00 bits per heavy atom. The number of hydrogen-bond donors (Lipinski definition) is 0. The van der Waals surface area contributed by atoms with Crippen LogP contribution in [0.3, 0.4) is 0 Å². The third-order valence-corrected chi connectivity index (χ3v) is 6.90. The van der Waals surface area contributed by atoms with Crippen LogP contribution in [-0.4, -0.2) is 4.98 Å². The second-order valence-corrected chi connectivity index (χ2v) is 9.27. The van der Waals surface area contributed by atoms with Gasteiger partial charge in [0.2, 0.25) is 0 Å². The summed E-state index contributed by atoms with van der Waals surface area (Å²) in [5.74, 6) is 1.95. The van der Waals surface area contributed by atoms with Crippen LogP contribution in [0.15, 0.2) is 42.6 Å². The van der Waals surface area contributed by atoms with Crippen molar-refractivity contribution in [1.82, 2.24) is 4.98 Å². The van der Waals surface area contributed by atoms with Gasteiger partial charge >= 0.3 is 0 Å². The Balaban J connectivity index is 1.44. The van der Waals surface area contributed by atoms with Crippen LogP contribution in [0.1, 0.15) is 95.6 Å². The van der Waals surface area contributed by atoms with E-state index in [4.69, 9.17) is 4.98 Å². The molecule has 0 aliphatic heterocycles. The fourth-order valence-corrected chi connectivity index (χ4v) is 4.93. The van der Waals surface area contributed by atoms with E-state index < -0.39 is 0 Å². The molecule has 1 fully saturated rings. The molecule has 1 nitrogen and oxygen atoms in total. The summed E-state index contributed by atoms with van der Waals surface area (Å²) in [5, 5.41) is 0. The lowest BCUT2D eigenvalue weighted by atomic mass is 9.78. The van der Waals surface area contributed by atoms with Crippen molar-refractivity contribution in [3.05, 3.63) is 53.7 Å². The van der Waals surface area contributed by atoms with Gasteiger partial charge in [-0.2, -0.15) is 0 Å². The van der Waals surface area contributed by atoms with Crippen LogP contribution in [0.5, 0.6) is 0 Å². The van der Waals surface area contributed by atoms with Crippen LogP contribution in [0, 0.1) is 11.8 Å². The predicted octanol–water partition coefficient (Wildman–Crippen LogP) is 8.41. The normalized spacial score (nSPS) is 19.4. The van der Waals surface area contributed by atoms with E-state index in [9.17, 15) is 0 Å². The highest BCUT2D eigenvalue weighted by molar-refractivity contribution is 5.59. The summed E-state index contributed by atoms with van der Waals surface area (Å²) in [6.45, 7) is 4.59. The van der Waals surface area contributed by atoms with Crippen LogP contribution in [-0.2, 0) is 12.8 Å². The molecule has 0 bridgehead atoms. The van der Waals surface area contributed by atoms with E-state index in [2.05, 4.69) is 56.4 Å². The van der Waals surface area contributed by atoms with Gasteiger partial charge in [0.1, 0.15) is 0 Å². The number of unbranched alkanes of at least 4 members (excludes halogenated alkanes) is 3. The molecule has 1 saturated carbocycles. The van der Waals surface area contributed by atoms with Crippen molar-refractivity contribution in [2.24, 2.45) is 11.8 Å². The minimum atomic E-state index is 0.938. The van der Waals surface area contributed by atoms with Gasteiger partial charge in [-0.3, -0.25) is 4.98 Å². The van der Waals surface area contributed by atoms with Gasteiger partial charge in [-0.25, -0.2) is 0 Å². The van der Waals surface area contributed by atoms with E-state index in [0.717, 1.165) is 17.5 Å². The van der Waals surface area contributed by atoms with E-state index in [-0.39, 0.29) is 0 Å². The number of aromatic nitrogens is 1. The van der Waals surface area contributed by atoms with Gasteiger partial charge in [0.15, 0.2) is 0 Å². The highest BCUT2D eigenvalue weighted by Crippen LogP contribution is 2.33. The zero-order valence-electron chi connectivity index (χ0n) is 18.8. The second-order valence-electron chi connectivity index (χ2n) is 9.27. The summed E-state index contributed by atoms with van der Waals surface area (Å²) >= 11 is 0. The first-order valence-corrected chi connectivity index (χ1v) is 12.3. The summed E-state index contributed by atoms with van der Waals surface area (Å²) < 4.78 is 0. The van der Waals surface area contributed by atoms with Crippen molar-refractivity contribution in [3.8, 4) is 11.3 Å². The number of benzene rings is 1. The van der Waals surface area contributed by atoms with E-state index >= 15 is 0 Å². The lowest BCUT2D eigenvalue weighted by Crippen LogP contribution is -2.15. The first-order chi connectivity index (χ1) is 14.3. The van der Waals surface area contributed by atoms with Crippen molar-refractivity contribution in [1.29, 1.82) is 0 Å². The van der Waals surface area contributed by atoms with Crippen LogP contribution in [0.25, 0.3) is 11.3 Å². The van der Waals surface area contributed by atoms with Crippen molar-refractivity contribution in [2.75, 3.05) is 0 Å². The topological polar surface area (TPSA) is 12.9 Å². The minimum absolute atomic E-state index is 0.938. The molecular formula is C28H41N. The fourth-order valence-electron chi connectivity index (χ4n) is 4.93. The third-order valence-electron chi connectivity index (χ3n) is 6.90. The quantitative estimate of drug-likeness (QED) is 0.350. The Hall–Kier alpha value is -1.63. The second kappa shape index (κ2) is 12.2. The maximum atomic E-state index is 4.77. The molecule has 1 heterocycles. The molecule has 3 rings (SSSR count). The Labute approximate surface area is 179 Å². The van der Waals surface area contributed by atoms with Crippen molar-refractivity contribution >= 4 is 0 Å². The summed E-state index contributed by atoms with van der Waals surface area (Å²) in [7, 11) is 0. The molecule has 0 radical (unpaired) electrons. The lowest BCUT2D eigenvalue weighted by Gasteiger charge is -2.28. The molecule has 29 heavy (non-hydrogen) atoms. The van der Waals surface area contributed by atoms with Gasteiger partial charge in [0.05, 0.1) is 5.69 Å². The first-order valence-electron chi connectivity index (χ1n) is 12.3. The van der Waals surface area contributed by atoms with Crippen LogP contribution >= 0.6 is 0 Å². The van der Waals surface area contributed by atoms with Gasteiger partial charge in [-0.05, 0) is 54.7 Å². The third kappa shape index (κ3) is 7.28. The average molecular weight is 392 g/mol. The Bertz CT molecular complexity index is 677. The molecule has 1 heteroatoms. The molecule has 1 aromatic carbocycles. The van der Waals surface area contributed by atoms with Gasteiger partial charge in [0, 0.05) is 11.8 Å². The van der Waals surface area contributed by atoms with Crippen LogP contribution in [0.2, 0.25) is 0 Å². The molecule has 0 atom stereocenters. The molecule has 0 saturated heterocycles. The van der Waals surface area contributed by atoms with E-state index in [1.165, 1.54) is 100 Å². The van der Waals surface area contributed by atoms with Crippen LogP contribution < -0.4 is 0 Å². The predicted molar refractivity (Wildman–Crippen MR) is 126 cm³/mol. The molecule has 158 valence electrons. The van der Waals surface area contributed by atoms with Crippen molar-refractivity contribution in [2.45, 2.75) is 97.3 Å². The SMILES string of the molecule is CCCCCCc1ccc(-c2ccc(CCC3CCC(CCC)CC3)cn2)cc1. The van der Waals surface area contributed by atoms with Gasteiger partial charge < -0.3 is 0 Å². The molecular weight excluding hydrogens is 350 g/mol. The highest BCUT2D eigenvalue weighted by atomic mass is 14.7. The molecule has 0 spiro atoms. The summed E-state index contributed by atoms with van der Waals surface area (Å²) in [5.41, 5.74) is 5.20. The molecule has 0 unspecified atom stereocenters. The monoisotopic (exact) mass is 391 g/mol. The Morgan fingerprint density at radius 1 is 0.690 bits per heavy atom. The van der Waals surface area contributed by atoms with E-state index in [0.29, 0.717) is 0 Å². The number of nitrogens with zero attached hydrogens (tertiary/aromatic N) is 1. The summed E-state index contributed by atoms with van der Waals surface area (Å²) in [6, 6.07) is 13.6. The largest absolute Gasteiger partial charge is 0.256 e. The molecule has 1 aliphatic rings. The van der Waals surface area contributed by atoms with Gasteiger partial charge in [-0.15, -0.1) is 0 Å². The molecule has 2 aromatic rings. The Morgan fingerprint density at radius 2 is 1.38 bits per heavy atom. The number of aryl methyl sites for hydroxylation is 2. The van der Waals surface area contributed by atoms with Crippen LogP contribution in [0.4, 0.5) is 0 Å².